The van der Waals surface area contributed by atoms with E-state index >= 15 is 0 Å². The number of carbonyl (C=O) groups is 1. The zero-order chi connectivity index (χ0) is 15.8. The Morgan fingerprint density at radius 3 is 2.87 bits per heavy atom. The number of benzene rings is 2. The van der Waals surface area contributed by atoms with E-state index in [1.807, 2.05) is 29.2 Å². The van der Waals surface area contributed by atoms with Crippen LogP contribution in [-0.2, 0) is 29.2 Å². The summed E-state index contributed by atoms with van der Waals surface area (Å²) < 4.78 is 11.2. The van der Waals surface area contributed by atoms with Gasteiger partial charge in [-0.15, -0.1) is 0 Å². The summed E-state index contributed by atoms with van der Waals surface area (Å²) in [6, 6.07) is 14.1. The van der Waals surface area contributed by atoms with E-state index in [0.29, 0.717) is 26.1 Å². The van der Waals surface area contributed by atoms with E-state index < -0.39 is 0 Å². The molecule has 2 aliphatic heterocycles. The molecule has 0 spiro atoms. The van der Waals surface area contributed by atoms with Gasteiger partial charge in [-0.25, -0.2) is 0 Å². The lowest BCUT2D eigenvalue weighted by Crippen LogP contribution is -2.26. The lowest BCUT2D eigenvalue weighted by atomic mass is 10.0. The highest BCUT2D eigenvalue weighted by Crippen LogP contribution is 2.35. The van der Waals surface area contributed by atoms with Crippen LogP contribution < -0.4 is 4.74 Å². The lowest BCUT2D eigenvalue weighted by molar-refractivity contribution is -0.134. The highest BCUT2D eigenvalue weighted by molar-refractivity contribution is 5.78. The average molecular weight is 309 g/mol. The van der Waals surface area contributed by atoms with E-state index in [4.69, 9.17) is 9.47 Å². The SMILES string of the molecule is COc1cccc2c1CN(C(=O)CC1OCc3ccccc31)C2. The molecule has 4 heteroatoms. The summed E-state index contributed by atoms with van der Waals surface area (Å²) in [5.41, 5.74) is 4.63. The molecule has 1 unspecified atom stereocenters. The number of ether oxygens (including phenoxy) is 2. The molecule has 23 heavy (non-hydrogen) atoms. The summed E-state index contributed by atoms with van der Waals surface area (Å²) in [6.07, 6.45) is 0.275. The summed E-state index contributed by atoms with van der Waals surface area (Å²) in [6.45, 7) is 1.87. The molecule has 0 N–H and O–H groups in total. The van der Waals surface area contributed by atoms with Gasteiger partial charge in [0.1, 0.15) is 5.75 Å². The van der Waals surface area contributed by atoms with Crippen LogP contribution in [0.5, 0.6) is 5.75 Å². The monoisotopic (exact) mass is 309 g/mol. The Kier molecular flexibility index (Phi) is 3.54. The van der Waals surface area contributed by atoms with Crippen molar-refractivity contribution in [1.29, 1.82) is 0 Å². The Balaban J connectivity index is 1.48. The van der Waals surface area contributed by atoms with Crippen LogP contribution in [0, 0.1) is 0 Å². The molecule has 1 amide bonds. The van der Waals surface area contributed by atoms with Crippen molar-refractivity contribution in [1.82, 2.24) is 4.90 Å². The van der Waals surface area contributed by atoms with Gasteiger partial charge in [-0.05, 0) is 22.8 Å². The van der Waals surface area contributed by atoms with Gasteiger partial charge in [-0.3, -0.25) is 4.79 Å². The molecule has 0 saturated carbocycles. The van der Waals surface area contributed by atoms with Crippen molar-refractivity contribution in [3.8, 4) is 5.75 Å². The number of amides is 1. The van der Waals surface area contributed by atoms with Crippen molar-refractivity contribution < 1.29 is 14.3 Å². The Bertz CT molecular complexity index is 756. The Morgan fingerprint density at radius 1 is 1.17 bits per heavy atom. The molecule has 0 radical (unpaired) electrons. The highest BCUT2D eigenvalue weighted by atomic mass is 16.5. The van der Waals surface area contributed by atoms with Gasteiger partial charge >= 0.3 is 0 Å². The minimum absolute atomic E-state index is 0.121. The molecule has 0 saturated heterocycles. The maximum Gasteiger partial charge on any atom is 0.226 e. The smallest absolute Gasteiger partial charge is 0.226 e. The van der Waals surface area contributed by atoms with Crippen molar-refractivity contribution >= 4 is 5.91 Å². The van der Waals surface area contributed by atoms with Gasteiger partial charge in [0.2, 0.25) is 5.91 Å². The third-order valence-electron chi connectivity index (χ3n) is 4.71. The predicted octanol–water partition coefficient (Wildman–Crippen LogP) is 3.20. The summed E-state index contributed by atoms with van der Waals surface area (Å²) in [5.74, 6) is 0.991. The zero-order valence-electron chi connectivity index (χ0n) is 13.1. The standard InChI is InChI=1S/C19H19NO3/c1-22-17-8-4-6-13-10-20(11-16(13)17)19(21)9-18-15-7-3-2-5-14(15)12-23-18/h2-8,18H,9-12H2,1H3. The van der Waals surface area contributed by atoms with E-state index in [1.165, 1.54) is 11.1 Å². The van der Waals surface area contributed by atoms with Crippen LogP contribution in [0.25, 0.3) is 0 Å². The molecule has 0 bridgehead atoms. The molecule has 2 aromatic rings. The molecule has 4 rings (SSSR count). The molecule has 2 heterocycles. The second kappa shape index (κ2) is 5.70. The first kappa shape index (κ1) is 14.3. The van der Waals surface area contributed by atoms with E-state index in [0.717, 1.165) is 16.9 Å². The lowest BCUT2D eigenvalue weighted by Gasteiger charge is -2.18. The van der Waals surface area contributed by atoms with Crippen LogP contribution in [0.4, 0.5) is 0 Å². The fourth-order valence-electron chi connectivity index (χ4n) is 3.48. The Hall–Kier alpha value is -2.33. The van der Waals surface area contributed by atoms with Crippen LogP contribution in [0.2, 0.25) is 0 Å². The van der Waals surface area contributed by atoms with Crippen molar-refractivity contribution in [2.75, 3.05) is 7.11 Å². The molecule has 0 aliphatic carbocycles. The van der Waals surface area contributed by atoms with Gasteiger partial charge in [-0.2, -0.15) is 0 Å². The molecule has 118 valence electrons. The first-order valence-electron chi connectivity index (χ1n) is 7.88. The van der Waals surface area contributed by atoms with Crippen LogP contribution in [0.15, 0.2) is 42.5 Å². The number of nitrogens with zero attached hydrogens (tertiary/aromatic N) is 1. The quantitative estimate of drug-likeness (QED) is 0.874. The number of hydrogen-bond acceptors (Lipinski definition) is 3. The molecule has 0 aromatic heterocycles. The molecule has 4 nitrogen and oxygen atoms in total. The van der Waals surface area contributed by atoms with Crippen LogP contribution in [-0.4, -0.2) is 17.9 Å². The number of hydrogen-bond donors (Lipinski definition) is 0. The largest absolute Gasteiger partial charge is 0.496 e. The summed E-state index contributed by atoms with van der Waals surface area (Å²) in [7, 11) is 1.67. The van der Waals surface area contributed by atoms with Crippen LogP contribution >= 0.6 is 0 Å². The molecule has 2 aromatic carbocycles. The second-order valence-corrected chi connectivity index (χ2v) is 6.05. The van der Waals surface area contributed by atoms with Gasteiger partial charge < -0.3 is 14.4 Å². The molecular formula is C19H19NO3. The second-order valence-electron chi connectivity index (χ2n) is 6.05. The van der Waals surface area contributed by atoms with Crippen molar-refractivity contribution in [2.24, 2.45) is 0 Å². The number of carbonyl (C=O) groups excluding carboxylic acids is 1. The van der Waals surface area contributed by atoms with Gasteiger partial charge in [0.15, 0.2) is 0 Å². The Labute approximate surface area is 135 Å². The minimum atomic E-state index is -0.121. The van der Waals surface area contributed by atoms with Gasteiger partial charge in [0.05, 0.1) is 26.2 Å². The van der Waals surface area contributed by atoms with E-state index in [1.54, 1.807) is 7.11 Å². The molecular weight excluding hydrogens is 290 g/mol. The normalized spacial score (nSPS) is 18.7. The summed E-state index contributed by atoms with van der Waals surface area (Å²) >= 11 is 0. The third kappa shape index (κ3) is 2.49. The van der Waals surface area contributed by atoms with Crippen LogP contribution in [0.1, 0.15) is 34.8 Å². The maximum absolute atomic E-state index is 12.7. The van der Waals surface area contributed by atoms with Crippen molar-refractivity contribution in [3.63, 3.8) is 0 Å². The molecule has 2 aliphatic rings. The number of fused-ring (bicyclic) bond motifs is 2. The molecule has 1 atom stereocenters. The fraction of sp³-hybridized carbons (Fsp3) is 0.316. The first-order valence-corrected chi connectivity index (χ1v) is 7.88. The van der Waals surface area contributed by atoms with Crippen molar-refractivity contribution in [3.05, 3.63) is 64.7 Å². The summed E-state index contributed by atoms with van der Waals surface area (Å²) in [4.78, 5) is 14.6. The fourth-order valence-corrected chi connectivity index (χ4v) is 3.48. The van der Waals surface area contributed by atoms with Gasteiger partial charge in [-0.1, -0.05) is 36.4 Å². The third-order valence-corrected chi connectivity index (χ3v) is 4.71. The van der Waals surface area contributed by atoms with Gasteiger partial charge in [0.25, 0.3) is 0 Å². The topological polar surface area (TPSA) is 38.8 Å². The Morgan fingerprint density at radius 2 is 2.00 bits per heavy atom. The van der Waals surface area contributed by atoms with Crippen molar-refractivity contribution in [2.45, 2.75) is 32.2 Å². The minimum Gasteiger partial charge on any atom is -0.496 e. The van der Waals surface area contributed by atoms with Crippen LogP contribution in [0.3, 0.4) is 0 Å². The number of methoxy groups -OCH3 is 1. The zero-order valence-corrected chi connectivity index (χ0v) is 13.1. The van der Waals surface area contributed by atoms with E-state index in [9.17, 15) is 4.79 Å². The maximum atomic E-state index is 12.7. The first-order chi connectivity index (χ1) is 11.3. The highest BCUT2D eigenvalue weighted by Gasteiger charge is 2.30. The summed E-state index contributed by atoms with van der Waals surface area (Å²) in [5, 5.41) is 0. The van der Waals surface area contributed by atoms with Gasteiger partial charge in [0, 0.05) is 18.7 Å². The predicted molar refractivity (Wildman–Crippen MR) is 85.8 cm³/mol. The number of rotatable bonds is 3. The van der Waals surface area contributed by atoms with E-state index in [-0.39, 0.29) is 12.0 Å². The van der Waals surface area contributed by atoms with E-state index in [2.05, 4.69) is 18.2 Å². The molecule has 0 fully saturated rings. The average Bonchev–Trinajstić information content (AvgIpc) is 3.19.